The van der Waals surface area contributed by atoms with E-state index in [1.165, 1.54) is 25.3 Å². The van der Waals surface area contributed by atoms with E-state index in [-0.39, 0.29) is 11.7 Å². The highest BCUT2D eigenvalue weighted by Crippen LogP contribution is 2.26. The van der Waals surface area contributed by atoms with Crippen molar-refractivity contribution in [3.63, 3.8) is 0 Å². The van der Waals surface area contributed by atoms with E-state index in [2.05, 4.69) is 10.2 Å². The average molecular weight is 403 g/mol. The Morgan fingerprint density at radius 1 is 1.21 bits per heavy atom. The number of halogens is 1. The molecule has 1 saturated carbocycles. The molecule has 1 aliphatic carbocycles. The first-order valence-electron chi connectivity index (χ1n) is 10.5. The van der Waals surface area contributed by atoms with Gasteiger partial charge in [0.1, 0.15) is 11.6 Å². The van der Waals surface area contributed by atoms with Gasteiger partial charge in [0.05, 0.1) is 6.54 Å². The first kappa shape index (κ1) is 21.5. The molecule has 1 aromatic carbocycles. The van der Waals surface area contributed by atoms with Crippen molar-refractivity contribution in [1.82, 2.24) is 10.2 Å². The lowest BCUT2D eigenvalue weighted by Crippen LogP contribution is -2.35. The Bertz CT molecular complexity index is 771. The van der Waals surface area contributed by atoms with Crippen LogP contribution in [0.15, 0.2) is 40.8 Å². The van der Waals surface area contributed by atoms with Crippen LogP contribution >= 0.6 is 0 Å². The number of nitrogens with one attached hydrogen (secondary N) is 1. The van der Waals surface area contributed by atoms with E-state index in [9.17, 15) is 9.18 Å². The topological polar surface area (TPSA) is 54.7 Å². The summed E-state index contributed by atoms with van der Waals surface area (Å²) in [6.45, 7) is 2.44. The van der Waals surface area contributed by atoms with Gasteiger partial charge in [-0.05, 0) is 49.1 Å². The predicted octanol–water partition coefficient (Wildman–Crippen LogP) is 4.52. The Labute approximate surface area is 172 Å². The Hall–Kier alpha value is -2.18. The molecule has 1 heterocycles. The summed E-state index contributed by atoms with van der Waals surface area (Å²) in [6, 6.07) is 10.8. The van der Waals surface area contributed by atoms with Crippen LogP contribution in [0, 0.1) is 5.82 Å². The average Bonchev–Trinajstić information content (AvgIpc) is 3.20. The summed E-state index contributed by atoms with van der Waals surface area (Å²) in [5, 5.41) is 2.84. The first-order chi connectivity index (χ1) is 14.2. The summed E-state index contributed by atoms with van der Waals surface area (Å²) in [4.78, 5) is 14.6. The first-order valence-corrected chi connectivity index (χ1v) is 10.5. The molecule has 3 rings (SSSR count). The fraction of sp³-hybridized carbons (Fsp3) is 0.522. The standard InChI is InChI=1S/C23H31FN2O3/c1-28-14-6-13-25-23(27)22-12-11-21(29-22)17-26(20-9-3-2-4-10-20)16-18-7-5-8-19(24)15-18/h5,7-8,11-12,15,20H,2-4,6,9-10,13-14,16-17H2,1H3,(H,25,27). The van der Waals surface area contributed by atoms with E-state index in [1.54, 1.807) is 25.3 Å². The van der Waals surface area contributed by atoms with Crippen LogP contribution < -0.4 is 5.32 Å². The monoisotopic (exact) mass is 402 g/mol. The second kappa shape index (κ2) is 11.1. The van der Waals surface area contributed by atoms with Crippen molar-refractivity contribution in [2.75, 3.05) is 20.3 Å². The highest BCUT2D eigenvalue weighted by Gasteiger charge is 2.23. The molecule has 158 valence electrons. The Morgan fingerprint density at radius 2 is 2.03 bits per heavy atom. The zero-order chi connectivity index (χ0) is 20.5. The maximum atomic E-state index is 13.6. The molecule has 1 fully saturated rings. The van der Waals surface area contributed by atoms with Gasteiger partial charge < -0.3 is 14.5 Å². The van der Waals surface area contributed by atoms with E-state index in [0.717, 1.165) is 30.6 Å². The molecule has 0 aliphatic heterocycles. The van der Waals surface area contributed by atoms with Crippen LogP contribution in [-0.2, 0) is 17.8 Å². The summed E-state index contributed by atoms with van der Waals surface area (Å²) in [7, 11) is 1.64. The number of hydrogen-bond donors (Lipinski definition) is 1. The van der Waals surface area contributed by atoms with Gasteiger partial charge in [-0.2, -0.15) is 0 Å². The van der Waals surface area contributed by atoms with E-state index in [1.807, 2.05) is 12.1 Å². The number of methoxy groups -OCH3 is 1. The SMILES string of the molecule is COCCCNC(=O)c1ccc(CN(Cc2cccc(F)c2)C2CCCCC2)o1. The van der Waals surface area contributed by atoms with Gasteiger partial charge in [-0.1, -0.05) is 31.4 Å². The van der Waals surface area contributed by atoms with Crippen LogP contribution in [0.5, 0.6) is 0 Å². The molecule has 0 radical (unpaired) electrons. The Balaban J connectivity index is 1.64. The second-order valence-electron chi connectivity index (χ2n) is 7.69. The van der Waals surface area contributed by atoms with Gasteiger partial charge in [0, 0.05) is 32.8 Å². The lowest BCUT2D eigenvalue weighted by molar-refractivity contribution is 0.0911. The highest BCUT2D eigenvalue weighted by atomic mass is 19.1. The number of nitrogens with zero attached hydrogens (tertiary/aromatic N) is 1. The molecule has 29 heavy (non-hydrogen) atoms. The van der Waals surface area contributed by atoms with Crippen LogP contribution in [-0.4, -0.2) is 37.1 Å². The molecule has 5 nitrogen and oxygen atoms in total. The van der Waals surface area contributed by atoms with Crippen molar-refractivity contribution >= 4 is 5.91 Å². The van der Waals surface area contributed by atoms with Crippen LogP contribution in [0.4, 0.5) is 4.39 Å². The fourth-order valence-corrected chi connectivity index (χ4v) is 3.92. The molecule has 1 aromatic heterocycles. The zero-order valence-electron chi connectivity index (χ0n) is 17.2. The van der Waals surface area contributed by atoms with Crippen molar-refractivity contribution in [3.8, 4) is 0 Å². The van der Waals surface area contributed by atoms with Gasteiger partial charge in [-0.25, -0.2) is 4.39 Å². The molecule has 1 amide bonds. The maximum Gasteiger partial charge on any atom is 0.286 e. The predicted molar refractivity (Wildman–Crippen MR) is 110 cm³/mol. The zero-order valence-corrected chi connectivity index (χ0v) is 17.2. The normalized spacial score (nSPS) is 15.0. The van der Waals surface area contributed by atoms with Crippen LogP contribution in [0.2, 0.25) is 0 Å². The van der Waals surface area contributed by atoms with Gasteiger partial charge in [0.15, 0.2) is 5.76 Å². The molecule has 1 aliphatic rings. The third kappa shape index (κ3) is 6.68. The van der Waals surface area contributed by atoms with Gasteiger partial charge in [0.2, 0.25) is 0 Å². The molecule has 0 spiro atoms. The summed E-state index contributed by atoms with van der Waals surface area (Å²) in [6.07, 6.45) is 6.76. The number of carbonyl (C=O) groups is 1. The van der Waals surface area contributed by atoms with Crippen molar-refractivity contribution in [3.05, 3.63) is 59.3 Å². The number of ether oxygens (including phenoxy) is 1. The number of hydrogen-bond acceptors (Lipinski definition) is 4. The van der Waals surface area contributed by atoms with Crippen molar-refractivity contribution in [2.45, 2.75) is 57.7 Å². The molecule has 1 N–H and O–H groups in total. The molecular weight excluding hydrogens is 371 g/mol. The number of amides is 1. The third-order valence-corrected chi connectivity index (χ3v) is 5.42. The molecule has 0 saturated heterocycles. The third-order valence-electron chi connectivity index (χ3n) is 5.42. The quantitative estimate of drug-likeness (QED) is 0.594. The van der Waals surface area contributed by atoms with E-state index < -0.39 is 0 Å². The van der Waals surface area contributed by atoms with E-state index in [4.69, 9.17) is 9.15 Å². The molecule has 6 heteroatoms. The number of furan rings is 1. The van der Waals surface area contributed by atoms with E-state index in [0.29, 0.717) is 38.0 Å². The van der Waals surface area contributed by atoms with Crippen LogP contribution in [0.3, 0.4) is 0 Å². The smallest absolute Gasteiger partial charge is 0.286 e. The van der Waals surface area contributed by atoms with Crippen molar-refractivity contribution in [2.24, 2.45) is 0 Å². The van der Waals surface area contributed by atoms with Gasteiger partial charge in [-0.15, -0.1) is 0 Å². The summed E-state index contributed by atoms with van der Waals surface area (Å²) < 4.78 is 24.5. The summed E-state index contributed by atoms with van der Waals surface area (Å²) >= 11 is 0. The summed E-state index contributed by atoms with van der Waals surface area (Å²) in [5.41, 5.74) is 0.957. The second-order valence-corrected chi connectivity index (χ2v) is 7.69. The lowest BCUT2D eigenvalue weighted by Gasteiger charge is -2.34. The molecule has 0 bridgehead atoms. The lowest BCUT2D eigenvalue weighted by atomic mass is 9.93. The Morgan fingerprint density at radius 3 is 2.79 bits per heavy atom. The van der Waals surface area contributed by atoms with Gasteiger partial charge >= 0.3 is 0 Å². The molecule has 0 unspecified atom stereocenters. The largest absolute Gasteiger partial charge is 0.455 e. The minimum absolute atomic E-state index is 0.207. The molecule has 2 aromatic rings. The summed E-state index contributed by atoms with van der Waals surface area (Å²) in [5.74, 6) is 0.666. The molecular formula is C23H31FN2O3. The van der Waals surface area contributed by atoms with Gasteiger partial charge in [0.25, 0.3) is 5.91 Å². The van der Waals surface area contributed by atoms with Crippen LogP contribution in [0.25, 0.3) is 0 Å². The Kier molecular flexibility index (Phi) is 8.25. The van der Waals surface area contributed by atoms with Crippen molar-refractivity contribution < 1.29 is 18.3 Å². The number of benzene rings is 1. The molecule has 0 atom stereocenters. The van der Waals surface area contributed by atoms with Crippen LogP contribution in [0.1, 0.15) is 60.4 Å². The minimum atomic E-state index is -0.212. The number of carbonyl (C=O) groups excluding carboxylic acids is 1. The van der Waals surface area contributed by atoms with Gasteiger partial charge in [-0.3, -0.25) is 9.69 Å². The fourth-order valence-electron chi connectivity index (χ4n) is 3.92. The minimum Gasteiger partial charge on any atom is -0.455 e. The van der Waals surface area contributed by atoms with E-state index >= 15 is 0 Å². The number of rotatable bonds is 10. The maximum absolute atomic E-state index is 13.6. The van der Waals surface area contributed by atoms with Crippen molar-refractivity contribution in [1.29, 1.82) is 0 Å². The highest BCUT2D eigenvalue weighted by molar-refractivity contribution is 5.91.